The van der Waals surface area contributed by atoms with Gasteiger partial charge in [-0.05, 0) is 13.0 Å². The molecular formula is C13H12N4. The number of anilines is 1. The Hall–Kier alpha value is -2.36. The molecule has 0 aliphatic carbocycles. The monoisotopic (exact) mass is 224 g/mol. The number of benzene rings is 1. The summed E-state index contributed by atoms with van der Waals surface area (Å²) >= 11 is 0. The van der Waals surface area contributed by atoms with Crippen molar-refractivity contribution in [2.75, 3.05) is 5.73 Å². The van der Waals surface area contributed by atoms with Gasteiger partial charge < -0.3 is 5.73 Å². The summed E-state index contributed by atoms with van der Waals surface area (Å²) in [5.41, 5.74) is 9.83. The maximum absolute atomic E-state index is 5.81. The van der Waals surface area contributed by atoms with Crippen LogP contribution < -0.4 is 5.73 Å². The van der Waals surface area contributed by atoms with Crippen molar-refractivity contribution in [1.82, 2.24) is 14.6 Å². The van der Waals surface area contributed by atoms with Crippen molar-refractivity contribution in [3.05, 3.63) is 48.2 Å². The minimum Gasteiger partial charge on any atom is -0.384 e. The SMILES string of the molecule is Cc1cccc(-c2cc(N)nc3ccnn23)c1. The van der Waals surface area contributed by atoms with Gasteiger partial charge in [0.2, 0.25) is 0 Å². The van der Waals surface area contributed by atoms with Gasteiger partial charge in [0.25, 0.3) is 0 Å². The molecule has 2 N–H and O–H groups in total. The molecule has 4 heteroatoms. The van der Waals surface area contributed by atoms with Crippen LogP contribution in [-0.4, -0.2) is 14.6 Å². The Morgan fingerprint density at radius 2 is 2.06 bits per heavy atom. The lowest BCUT2D eigenvalue weighted by molar-refractivity contribution is 0.950. The lowest BCUT2D eigenvalue weighted by Crippen LogP contribution is -2.00. The summed E-state index contributed by atoms with van der Waals surface area (Å²) in [5.74, 6) is 0.509. The first-order valence-corrected chi connectivity index (χ1v) is 5.41. The fraction of sp³-hybridized carbons (Fsp3) is 0.0769. The minimum atomic E-state index is 0.509. The molecule has 2 aromatic heterocycles. The lowest BCUT2D eigenvalue weighted by Gasteiger charge is -2.06. The van der Waals surface area contributed by atoms with E-state index >= 15 is 0 Å². The van der Waals surface area contributed by atoms with Crippen LogP contribution >= 0.6 is 0 Å². The predicted molar refractivity (Wildman–Crippen MR) is 67.6 cm³/mol. The van der Waals surface area contributed by atoms with Crippen molar-refractivity contribution in [1.29, 1.82) is 0 Å². The number of hydrogen-bond acceptors (Lipinski definition) is 3. The summed E-state index contributed by atoms with van der Waals surface area (Å²) in [6.07, 6.45) is 1.72. The molecule has 0 saturated carbocycles. The van der Waals surface area contributed by atoms with Gasteiger partial charge in [0.05, 0.1) is 11.9 Å². The van der Waals surface area contributed by atoms with Gasteiger partial charge in [-0.2, -0.15) is 5.10 Å². The molecule has 0 unspecified atom stereocenters. The molecule has 0 aliphatic heterocycles. The zero-order chi connectivity index (χ0) is 11.8. The first-order valence-electron chi connectivity index (χ1n) is 5.41. The van der Waals surface area contributed by atoms with Crippen molar-refractivity contribution in [2.45, 2.75) is 6.92 Å². The van der Waals surface area contributed by atoms with Gasteiger partial charge in [0, 0.05) is 17.7 Å². The van der Waals surface area contributed by atoms with E-state index in [0.29, 0.717) is 5.82 Å². The second-order valence-corrected chi connectivity index (χ2v) is 4.04. The van der Waals surface area contributed by atoms with Crippen molar-refractivity contribution in [2.24, 2.45) is 0 Å². The van der Waals surface area contributed by atoms with Crippen LogP contribution in [0.15, 0.2) is 42.6 Å². The van der Waals surface area contributed by atoms with Crippen LogP contribution in [0.5, 0.6) is 0 Å². The Morgan fingerprint density at radius 3 is 2.88 bits per heavy atom. The fourth-order valence-electron chi connectivity index (χ4n) is 1.94. The van der Waals surface area contributed by atoms with E-state index in [-0.39, 0.29) is 0 Å². The van der Waals surface area contributed by atoms with E-state index in [1.165, 1.54) is 5.56 Å². The smallest absolute Gasteiger partial charge is 0.158 e. The third-order valence-electron chi connectivity index (χ3n) is 2.69. The maximum Gasteiger partial charge on any atom is 0.158 e. The number of hydrogen-bond donors (Lipinski definition) is 1. The van der Waals surface area contributed by atoms with Gasteiger partial charge in [-0.3, -0.25) is 0 Å². The van der Waals surface area contributed by atoms with Crippen LogP contribution in [0, 0.1) is 6.92 Å². The van der Waals surface area contributed by atoms with Crippen molar-refractivity contribution in [3.63, 3.8) is 0 Å². The van der Waals surface area contributed by atoms with Gasteiger partial charge >= 0.3 is 0 Å². The van der Waals surface area contributed by atoms with Crippen LogP contribution in [0.2, 0.25) is 0 Å². The molecular weight excluding hydrogens is 212 g/mol. The summed E-state index contributed by atoms with van der Waals surface area (Å²) < 4.78 is 1.80. The Morgan fingerprint density at radius 1 is 1.18 bits per heavy atom. The Labute approximate surface area is 98.7 Å². The minimum absolute atomic E-state index is 0.509. The highest BCUT2D eigenvalue weighted by Crippen LogP contribution is 2.22. The van der Waals surface area contributed by atoms with E-state index in [2.05, 4.69) is 29.1 Å². The molecule has 0 bridgehead atoms. The number of nitrogens with two attached hydrogens (primary N) is 1. The quantitative estimate of drug-likeness (QED) is 0.690. The summed E-state index contributed by atoms with van der Waals surface area (Å²) in [6.45, 7) is 2.06. The van der Waals surface area contributed by atoms with Gasteiger partial charge in [-0.15, -0.1) is 0 Å². The highest BCUT2D eigenvalue weighted by Gasteiger charge is 2.06. The van der Waals surface area contributed by atoms with E-state index in [0.717, 1.165) is 16.9 Å². The molecule has 1 aromatic carbocycles. The molecule has 4 nitrogen and oxygen atoms in total. The summed E-state index contributed by atoms with van der Waals surface area (Å²) in [7, 11) is 0. The number of nitrogen functional groups attached to an aromatic ring is 1. The Balaban J connectivity index is 2.32. The highest BCUT2D eigenvalue weighted by atomic mass is 15.3. The summed E-state index contributed by atoms with van der Waals surface area (Å²) in [5, 5.41) is 4.26. The van der Waals surface area contributed by atoms with Crippen LogP contribution in [0.25, 0.3) is 16.9 Å². The van der Waals surface area contributed by atoms with Crippen molar-refractivity contribution >= 4 is 11.5 Å². The van der Waals surface area contributed by atoms with Gasteiger partial charge in [-0.1, -0.05) is 23.8 Å². The summed E-state index contributed by atoms with van der Waals surface area (Å²) in [4.78, 5) is 4.22. The van der Waals surface area contributed by atoms with E-state index in [1.807, 2.05) is 24.3 Å². The molecule has 0 spiro atoms. The number of fused-ring (bicyclic) bond motifs is 1. The molecule has 17 heavy (non-hydrogen) atoms. The van der Waals surface area contributed by atoms with Crippen molar-refractivity contribution in [3.8, 4) is 11.3 Å². The van der Waals surface area contributed by atoms with E-state index < -0.39 is 0 Å². The first-order chi connectivity index (χ1) is 8.24. The van der Waals surface area contributed by atoms with Gasteiger partial charge in [0.15, 0.2) is 5.65 Å². The molecule has 0 amide bonds. The molecule has 84 valence electrons. The number of rotatable bonds is 1. The standard InChI is InChI=1S/C13H12N4/c1-9-3-2-4-10(7-9)11-8-12(14)16-13-5-6-15-17(11)13/h2-8H,1H3,(H2,14,16). The predicted octanol–water partition coefficient (Wildman–Crippen LogP) is 2.29. The highest BCUT2D eigenvalue weighted by molar-refractivity contribution is 5.66. The van der Waals surface area contributed by atoms with Crippen LogP contribution in [0.4, 0.5) is 5.82 Å². The van der Waals surface area contributed by atoms with Gasteiger partial charge in [-0.25, -0.2) is 9.50 Å². The number of aromatic nitrogens is 3. The topological polar surface area (TPSA) is 56.2 Å². The second kappa shape index (κ2) is 3.59. The fourth-order valence-corrected chi connectivity index (χ4v) is 1.94. The van der Waals surface area contributed by atoms with E-state index in [9.17, 15) is 0 Å². The first kappa shape index (κ1) is 9.84. The largest absolute Gasteiger partial charge is 0.384 e. The average molecular weight is 224 g/mol. The number of nitrogens with zero attached hydrogens (tertiary/aromatic N) is 3. The third kappa shape index (κ3) is 1.63. The molecule has 0 fully saturated rings. The number of aryl methyl sites for hydroxylation is 1. The van der Waals surface area contributed by atoms with E-state index in [4.69, 9.17) is 5.73 Å². The molecule has 3 rings (SSSR count). The summed E-state index contributed by atoms with van der Waals surface area (Å²) in [6, 6.07) is 11.9. The zero-order valence-corrected chi connectivity index (χ0v) is 9.46. The average Bonchev–Trinajstić information content (AvgIpc) is 2.75. The molecule has 0 aliphatic rings. The van der Waals surface area contributed by atoms with Crippen LogP contribution in [-0.2, 0) is 0 Å². The van der Waals surface area contributed by atoms with Crippen LogP contribution in [0.1, 0.15) is 5.56 Å². The molecule has 0 atom stereocenters. The van der Waals surface area contributed by atoms with Crippen LogP contribution in [0.3, 0.4) is 0 Å². The van der Waals surface area contributed by atoms with Crippen molar-refractivity contribution < 1.29 is 0 Å². The maximum atomic E-state index is 5.81. The van der Waals surface area contributed by atoms with Gasteiger partial charge in [0.1, 0.15) is 5.82 Å². The molecule has 0 radical (unpaired) electrons. The van der Waals surface area contributed by atoms with E-state index in [1.54, 1.807) is 10.7 Å². The normalized spacial score (nSPS) is 10.9. The third-order valence-corrected chi connectivity index (χ3v) is 2.69. The molecule has 2 heterocycles. The molecule has 3 aromatic rings. The lowest BCUT2D eigenvalue weighted by atomic mass is 10.1. The Kier molecular flexibility index (Phi) is 2.08. The molecule has 0 saturated heterocycles. The second-order valence-electron chi connectivity index (χ2n) is 4.04. The Bertz CT molecular complexity index is 685. The zero-order valence-electron chi connectivity index (χ0n) is 9.46.